The maximum atomic E-state index is 3.53. The van der Waals surface area contributed by atoms with Crippen LogP contribution >= 0.6 is 24.8 Å². The predicted molar refractivity (Wildman–Crippen MR) is 125 cm³/mol. The summed E-state index contributed by atoms with van der Waals surface area (Å²) in [4.78, 5) is 0. The zero-order chi connectivity index (χ0) is 17.3. The quantitative estimate of drug-likeness (QED) is 0.272. The zero-order valence-corrected chi connectivity index (χ0v) is 18.7. The Balaban J connectivity index is 0. The molecular formula is C22H42Cl2N2. The minimum absolute atomic E-state index is 0. The molecule has 1 aromatic rings. The van der Waals surface area contributed by atoms with Gasteiger partial charge in [-0.3, -0.25) is 0 Å². The topological polar surface area (TPSA) is 24.1 Å². The van der Waals surface area contributed by atoms with Crippen LogP contribution in [0.25, 0.3) is 0 Å². The molecule has 0 atom stereocenters. The first kappa shape index (κ1) is 27.6. The molecule has 0 saturated carbocycles. The molecule has 0 bridgehead atoms. The molecule has 0 heterocycles. The molecule has 1 aromatic carbocycles. The molecule has 0 amide bonds. The molecule has 0 aliphatic rings. The Bertz CT molecular complexity index is 345. The molecule has 0 spiro atoms. The van der Waals surface area contributed by atoms with Gasteiger partial charge in [0.15, 0.2) is 0 Å². The average molecular weight is 405 g/mol. The number of hydrogen-bond donors (Lipinski definition) is 2. The van der Waals surface area contributed by atoms with Crippen molar-refractivity contribution in [2.45, 2.75) is 90.9 Å². The lowest BCUT2D eigenvalue weighted by molar-refractivity contribution is 0.617. The van der Waals surface area contributed by atoms with E-state index in [1.54, 1.807) is 0 Å². The van der Waals surface area contributed by atoms with Gasteiger partial charge < -0.3 is 10.6 Å². The van der Waals surface area contributed by atoms with Gasteiger partial charge in [0.2, 0.25) is 0 Å². The van der Waals surface area contributed by atoms with Crippen LogP contribution in [-0.2, 0) is 0 Å². The van der Waals surface area contributed by atoms with Crippen molar-refractivity contribution in [1.29, 1.82) is 0 Å². The summed E-state index contributed by atoms with van der Waals surface area (Å²) in [5, 5.41) is 7.06. The standard InChI is InChI=1S/C22H40N2.2ClH/c1-3-5-7-9-11-13-19-23-21-15-17-22(18-16-21)24-20-14-12-10-8-6-4-2;;/h15-18,23-24H,3-14,19-20H2,1-2H3;2*1H. The summed E-state index contributed by atoms with van der Waals surface area (Å²) in [5.74, 6) is 0. The Kier molecular flexibility index (Phi) is 22.0. The molecule has 0 aliphatic heterocycles. The Morgan fingerprint density at radius 2 is 0.808 bits per heavy atom. The lowest BCUT2D eigenvalue weighted by Crippen LogP contribution is -2.03. The van der Waals surface area contributed by atoms with Gasteiger partial charge in [-0.2, -0.15) is 0 Å². The Hall–Kier alpha value is -0.600. The van der Waals surface area contributed by atoms with Crippen molar-refractivity contribution in [3.8, 4) is 0 Å². The van der Waals surface area contributed by atoms with Crippen molar-refractivity contribution >= 4 is 36.2 Å². The monoisotopic (exact) mass is 404 g/mol. The van der Waals surface area contributed by atoms with Gasteiger partial charge in [0.05, 0.1) is 0 Å². The molecular weight excluding hydrogens is 363 g/mol. The van der Waals surface area contributed by atoms with Crippen molar-refractivity contribution in [2.75, 3.05) is 23.7 Å². The smallest absolute Gasteiger partial charge is 0.0341 e. The van der Waals surface area contributed by atoms with Crippen LogP contribution in [0.1, 0.15) is 90.9 Å². The van der Waals surface area contributed by atoms with Crippen molar-refractivity contribution in [3.05, 3.63) is 24.3 Å². The van der Waals surface area contributed by atoms with Gasteiger partial charge >= 0.3 is 0 Å². The first-order valence-corrected chi connectivity index (χ1v) is 10.4. The molecule has 0 saturated heterocycles. The van der Waals surface area contributed by atoms with E-state index in [1.165, 1.54) is 88.4 Å². The summed E-state index contributed by atoms with van der Waals surface area (Å²) < 4.78 is 0. The molecule has 0 fully saturated rings. The lowest BCUT2D eigenvalue weighted by Gasteiger charge is -2.09. The second kappa shape index (κ2) is 20.7. The molecule has 0 radical (unpaired) electrons. The molecule has 0 aliphatic carbocycles. The van der Waals surface area contributed by atoms with E-state index in [1.807, 2.05) is 0 Å². The molecule has 1 rings (SSSR count). The summed E-state index contributed by atoms with van der Waals surface area (Å²) >= 11 is 0. The fourth-order valence-electron chi connectivity index (χ4n) is 2.98. The number of unbranched alkanes of at least 4 members (excludes halogenated alkanes) is 10. The van der Waals surface area contributed by atoms with Gasteiger partial charge in [0.25, 0.3) is 0 Å². The summed E-state index contributed by atoms with van der Waals surface area (Å²) in [7, 11) is 0. The normalized spacial score (nSPS) is 9.92. The van der Waals surface area contributed by atoms with Crippen molar-refractivity contribution in [2.24, 2.45) is 0 Å². The number of benzene rings is 1. The Labute approximate surface area is 175 Å². The Morgan fingerprint density at radius 1 is 0.500 bits per heavy atom. The van der Waals surface area contributed by atoms with Gasteiger partial charge in [-0.15, -0.1) is 24.8 Å². The Morgan fingerprint density at radius 3 is 1.15 bits per heavy atom. The second-order valence-corrected chi connectivity index (χ2v) is 6.97. The summed E-state index contributed by atoms with van der Waals surface area (Å²) in [6, 6.07) is 8.78. The van der Waals surface area contributed by atoms with E-state index < -0.39 is 0 Å². The van der Waals surface area contributed by atoms with Crippen LogP contribution in [0, 0.1) is 0 Å². The predicted octanol–water partition coefficient (Wildman–Crippen LogP) is 8.08. The van der Waals surface area contributed by atoms with Gasteiger partial charge in [-0.05, 0) is 37.1 Å². The van der Waals surface area contributed by atoms with E-state index in [-0.39, 0.29) is 24.8 Å². The number of hydrogen-bond acceptors (Lipinski definition) is 2. The van der Waals surface area contributed by atoms with Crippen molar-refractivity contribution in [3.63, 3.8) is 0 Å². The molecule has 4 heteroatoms. The third kappa shape index (κ3) is 15.6. The third-order valence-corrected chi connectivity index (χ3v) is 4.60. The first-order chi connectivity index (χ1) is 11.9. The maximum Gasteiger partial charge on any atom is 0.0341 e. The van der Waals surface area contributed by atoms with Crippen molar-refractivity contribution in [1.82, 2.24) is 0 Å². The van der Waals surface area contributed by atoms with Gasteiger partial charge in [-0.25, -0.2) is 0 Å². The fraction of sp³-hybridized carbons (Fsp3) is 0.727. The van der Waals surface area contributed by atoms with E-state index in [9.17, 15) is 0 Å². The summed E-state index contributed by atoms with van der Waals surface area (Å²) in [5.41, 5.74) is 2.49. The number of halogens is 2. The second-order valence-electron chi connectivity index (χ2n) is 6.97. The van der Waals surface area contributed by atoms with Crippen molar-refractivity contribution < 1.29 is 0 Å². The minimum Gasteiger partial charge on any atom is -0.385 e. The van der Waals surface area contributed by atoms with Crippen LogP contribution < -0.4 is 10.6 Å². The largest absolute Gasteiger partial charge is 0.385 e. The molecule has 0 aromatic heterocycles. The highest BCUT2D eigenvalue weighted by Crippen LogP contribution is 2.14. The highest BCUT2D eigenvalue weighted by molar-refractivity contribution is 5.85. The van der Waals surface area contributed by atoms with Gasteiger partial charge in [0.1, 0.15) is 0 Å². The maximum absolute atomic E-state index is 3.53. The molecule has 2 nitrogen and oxygen atoms in total. The van der Waals surface area contributed by atoms with Crippen LogP contribution in [0.3, 0.4) is 0 Å². The average Bonchev–Trinajstić information content (AvgIpc) is 2.61. The first-order valence-electron chi connectivity index (χ1n) is 10.4. The van der Waals surface area contributed by atoms with Crippen LogP contribution in [0.4, 0.5) is 11.4 Å². The number of nitrogens with one attached hydrogen (secondary N) is 2. The van der Waals surface area contributed by atoms with Crippen LogP contribution in [-0.4, -0.2) is 13.1 Å². The lowest BCUT2D eigenvalue weighted by atomic mass is 10.1. The van der Waals surface area contributed by atoms with E-state index >= 15 is 0 Å². The molecule has 154 valence electrons. The zero-order valence-electron chi connectivity index (χ0n) is 17.0. The van der Waals surface area contributed by atoms with Gasteiger partial charge in [0, 0.05) is 24.5 Å². The van der Waals surface area contributed by atoms with E-state index in [0.717, 1.165) is 13.1 Å². The fourth-order valence-corrected chi connectivity index (χ4v) is 2.98. The highest BCUT2D eigenvalue weighted by Gasteiger charge is 1.95. The molecule has 0 unspecified atom stereocenters. The summed E-state index contributed by atoms with van der Waals surface area (Å²) in [6.07, 6.45) is 16.3. The van der Waals surface area contributed by atoms with Crippen LogP contribution in [0.5, 0.6) is 0 Å². The third-order valence-electron chi connectivity index (χ3n) is 4.60. The summed E-state index contributed by atoms with van der Waals surface area (Å²) in [6.45, 7) is 6.73. The van der Waals surface area contributed by atoms with E-state index in [4.69, 9.17) is 0 Å². The minimum atomic E-state index is 0. The number of anilines is 2. The van der Waals surface area contributed by atoms with Crippen LogP contribution in [0.2, 0.25) is 0 Å². The molecule has 2 N–H and O–H groups in total. The molecule has 26 heavy (non-hydrogen) atoms. The van der Waals surface area contributed by atoms with Crippen LogP contribution in [0.15, 0.2) is 24.3 Å². The van der Waals surface area contributed by atoms with E-state index in [0.29, 0.717) is 0 Å². The number of rotatable bonds is 16. The van der Waals surface area contributed by atoms with Gasteiger partial charge in [-0.1, -0.05) is 78.1 Å². The SMILES string of the molecule is CCCCCCCCNc1ccc(NCCCCCCCC)cc1.Cl.Cl. The highest BCUT2D eigenvalue weighted by atomic mass is 35.5. The van der Waals surface area contributed by atoms with E-state index in [2.05, 4.69) is 48.7 Å².